The lowest BCUT2D eigenvalue weighted by molar-refractivity contribution is 0.0996. The summed E-state index contributed by atoms with van der Waals surface area (Å²) in [4.78, 5) is 14.5. The van der Waals surface area contributed by atoms with Crippen molar-refractivity contribution in [2.75, 3.05) is 31.2 Å². The summed E-state index contributed by atoms with van der Waals surface area (Å²) in [5, 5.41) is 5.73. The molecule has 1 aliphatic heterocycles. The van der Waals surface area contributed by atoms with Crippen LogP contribution in [0.1, 0.15) is 49.2 Å². The number of carbonyl (C=O) groups is 1. The van der Waals surface area contributed by atoms with E-state index in [9.17, 15) is 13.2 Å². The highest BCUT2D eigenvalue weighted by Gasteiger charge is 2.37. The summed E-state index contributed by atoms with van der Waals surface area (Å²) in [5.41, 5.74) is 1.74. The van der Waals surface area contributed by atoms with Gasteiger partial charge in [0, 0.05) is 18.0 Å². The Morgan fingerprint density at radius 1 is 1.25 bits per heavy atom. The molecule has 7 nitrogen and oxygen atoms in total. The average molecular weight is 462 g/mol. The van der Waals surface area contributed by atoms with Crippen molar-refractivity contribution in [3.05, 3.63) is 54.0 Å². The SMILES string of the molecule is CCCN(C(C)Cc1cccc(NC(=O)c2ccco2)c1)C(C1CCNCC1)S(C)(=O)=O. The maximum Gasteiger partial charge on any atom is 0.291 e. The second-order valence-electron chi connectivity index (χ2n) is 8.73. The summed E-state index contributed by atoms with van der Waals surface area (Å²) in [5.74, 6) is 0.103. The van der Waals surface area contributed by atoms with Crippen LogP contribution in [-0.2, 0) is 16.3 Å². The Hall–Kier alpha value is -2.16. The molecule has 2 aromatic rings. The van der Waals surface area contributed by atoms with Gasteiger partial charge in [-0.05, 0) is 88.0 Å². The molecule has 0 saturated carbocycles. The van der Waals surface area contributed by atoms with Crippen molar-refractivity contribution in [1.29, 1.82) is 0 Å². The van der Waals surface area contributed by atoms with Gasteiger partial charge < -0.3 is 15.1 Å². The summed E-state index contributed by atoms with van der Waals surface area (Å²) in [6, 6.07) is 11.1. The van der Waals surface area contributed by atoms with E-state index in [2.05, 4.69) is 29.4 Å². The Kier molecular flexibility index (Phi) is 8.51. The van der Waals surface area contributed by atoms with Crippen molar-refractivity contribution in [1.82, 2.24) is 10.2 Å². The highest BCUT2D eigenvalue weighted by molar-refractivity contribution is 7.91. The number of nitrogens with one attached hydrogen (secondary N) is 2. The Labute approximate surface area is 191 Å². The number of piperidine rings is 1. The van der Waals surface area contributed by atoms with Crippen LogP contribution in [0.5, 0.6) is 0 Å². The molecule has 1 aromatic carbocycles. The number of carbonyl (C=O) groups excluding carboxylic acids is 1. The summed E-state index contributed by atoms with van der Waals surface area (Å²) in [6.45, 7) is 6.65. The molecular formula is C24H35N3O4S. The molecule has 2 unspecified atom stereocenters. The lowest BCUT2D eigenvalue weighted by Gasteiger charge is -2.41. The maximum atomic E-state index is 12.9. The van der Waals surface area contributed by atoms with Crippen molar-refractivity contribution in [3.63, 3.8) is 0 Å². The minimum absolute atomic E-state index is 0.0422. The highest BCUT2D eigenvalue weighted by atomic mass is 32.2. The highest BCUT2D eigenvalue weighted by Crippen LogP contribution is 2.28. The predicted molar refractivity (Wildman–Crippen MR) is 127 cm³/mol. The molecule has 0 bridgehead atoms. The largest absolute Gasteiger partial charge is 0.459 e. The molecule has 2 N–H and O–H groups in total. The van der Waals surface area contributed by atoms with Crippen molar-refractivity contribution >= 4 is 21.4 Å². The molecule has 2 heterocycles. The molecule has 1 amide bonds. The van der Waals surface area contributed by atoms with Gasteiger partial charge in [-0.25, -0.2) is 8.42 Å². The van der Waals surface area contributed by atoms with Crippen molar-refractivity contribution in [2.24, 2.45) is 5.92 Å². The smallest absolute Gasteiger partial charge is 0.291 e. The third-order valence-electron chi connectivity index (χ3n) is 6.06. The molecule has 1 aliphatic rings. The molecule has 1 aromatic heterocycles. The van der Waals surface area contributed by atoms with Crippen LogP contribution in [0.15, 0.2) is 47.1 Å². The van der Waals surface area contributed by atoms with Crippen molar-refractivity contribution < 1.29 is 17.6 Å². The lowest BCUT2D eigenvalue weighted by Crippen LogP contribution is -2.52. The van der Waals surface area contributed by atoms with Gasteiger partial charge in [0.2, 0.25) is 0 Å². The summed E-state index contributed by atoms with van der Waals surface area (Å²) in [6.07, 6.45) is 6.18. The molecule has 1 fully saturated rings. The number of benzene rings is 1. The van der Waals surface area contributed by atoms with E-state index in [0.717, 1.165) is 44.5 Å². The van der Waals surface area contributed by atoms with E-state index in [1.165, 1.54) is 12.5 Å². The van der Waals surface area contributed by atoms with Gasteiger partial charge in [-0.2, -0.15) is 0 Å². The van der Waals surface area contributed by atoms with Crippen LogP contribution < -0.4 is 10.6 Å². The summed E-state index contributed by atoms with van der Waals surface area (Å²) < 4.78 is 30.9. The molecule has 1 saturated heterocycles. The minimum Gasteiger partial charge on any atom is -0.459 e. The van der Waals surface area contributed by atoms with E-state index < -0.39 is 15.2 Å². The average Bonchev–Trinajstić information content (AvgIpc) is 3.29. The molecule has 3 rings (SSSR count). The number of nitrogens with zero attached hydrogens (tertiary/aromatic N) is 1. The fraction of sp³-hybridized carbons (Fsp3) is 0.542. The fourth-order valence-electron chi connectivity index (χ4n) is 4.69. The topological polar surface area (TPSA) is 91.7 Å². The Morgan fingerprint density at radius 2 is 2.00 bits per heavy atom. The zero-order valence-electron chi connectivity index (χ0n) is 19.2. The maximum absolute atomic E-state index is 12.9. The van der Waals surface area contributed by atoms with E-state index in [1.54, 1.807) is 12.1 Å². The first-order chi connectivity index (χ1) is 15.3. The Bertz CT molecular complexity index is 969. The van der Waals surface area contributed by atoms with Gasteiger partial charge in [0.25, 0.3) is 5.91 Å². The van der Waals surface area contributed by atoms with E-state index in [1.807, 2.05) is 24.3 Å². The standard InChI is InChI=1S/C24H35N3O4S/c1-4-14-27(24(32(3,29)30)20-10-12-25-13-11-20)18(2)16-19-7-5-8-21(17-19)26-23(28)22-9-6-15-31-22/h5-9,15,17-18,20,24-25H,4,10-14,16H2,1-3H3,(H,26,28). The molecule has 0 radical (unpaired) electrons. The van der Waals surface area contributed by atoms with Gasteiger partial charge in [-0.1, -0.05) is 19.1 Å². The monoisotopic (exact) mass is 461 g/mol. The Balaban J connectivity index is 1.76. The van der Waals surface area contributed by atoms with Gasteiger partial charge in [0.1, 0.15) is 5.37 Å². The van der Waals surface area contributed by atoms with Crippen LogP contribution in [0.25, 0.3) is 0 Å². The molecule has 8 heteroatoms. The van der Waals surface area contributed by atoms with Crippen LogP contribution in [0.4, 0.5) is 5.69 Å². The van der Waals surface area contributed by atoms with Gasteiger partial charge in [-0.3, -0.25) is 9.69 Å². The summed E-state index contributed by atoms with van der Waals surface area (Å²) >= 11 is 0. The number of anilines is 1. The van der Waals surface area contributed by atoms with Crippen LogP contribution in [0.2, 0.25) is 0 Å². The first-order valence-corrected chi connectivity index (χ1v) is 13.3. The fourth-order valence-corrected chi connectivity index (χ4v) is 6.46. The molecule has 32 heavy (non-hydrogen) atoms. The second kappa shape index (κ2) is 11.1. The van der Waals surface area contributed by atoms with E-state index in [4.69, 9.17) is 4.42 Å². The second-order valence-corrected chi connectivity index (χ2v) is 10.9. The molecule has 176 valence electrons. The van der Waals surface area contributed by atoms with E-state index in [0.29, 0.717) is 12.1 Å². The number of rotatable bonds is 10. The van der Waals surface area contributed by atoms with E-state index >= 15 is 0 Å². The molecule has 0 spiro atoms. The van der Waals surface area contributed by atoms with Crippen molar-refractivity contribution in [2.45, 2.75) is 50.9 Å². The number of furan rings is 1. The zero-order valence-corrected chi connectivity index (χ0v) is 20.0. The minimum atomic E-state index is -3.24. The molecule has 2 atom stereocenters. The Morgan fingerprint density at radius 3 is 2.62 bits per heavy atom. The van der Waals surface area contributed by atoms with Crippen molar-refractivity contribution in [3.8, 4) is 0 Å². The third kappa shape index (κ3) is 6.43. The van der Waals surface area contributed by atoms with Gasteiger partial charge in [0.05, 0.1) is 6.26 Å². The van der Waals surface area contributed by atoms with Crippen LogP contribution in [-0.4, -0.2) is 56.5 Å². The zero-order chi connectivity index (χ0) is 23.1. The third-order valence-corrected chi connectivity index (χ3v) is 7.59. The van der Waals surface area contributed by atoms with Crippen LogP contribution in [0.3, 0.4) is 0 Å². The number of hydrogen-bond acceptors (Lipinski definition) is 6. The van der Waals surface area contributed by atoms with Crippen LogP contribution in [0, 0.1) is 5.92 Å². The first-order valence-electron chi connectivity index (χ1n) is 11.4. The van der Waals surface area contributed by atoms with Crippen LogP contribution >= 0.6 is 0 Å². The quantitative estimate of drug-likeness (QED) is 0.562. The molecular weight excluding hydrogens is 426 g/mol. The van der Waals surface area contributed by atoms with Gasteiger partial charge >= 0.3 is 0 Å². The van der Waals surface area contributed by atoms with Gasteiger partial charge in [0.15, 0.2) is 15.6 Å². The number of sulfone groups is 1. The summed E-state index contributed by atoms with van der Waals surface area (Å²) in [7, 11) is -3.24. The lowest BCUT2D eigenvalue weighted by atomic mass is 9.95. The first kappa shape index (κ1) is 24.5. The number of amides is 1. The predicted octanol–water partition coefficient (Wildman–Crippen LogP) is 3.55. The normalized spacial score (nSPS) is 17.2. The van der Waals surface area contributed by atoms with Gasteiger partial charge in [-0.15, -0.1) is 0 Å². The molecule has 0 aliphatic carbocycles. The number of hydrogen-bond donors (Lipinski definition) is 2. The van der Waals surface area contributed by atoms with E-state index in [-0.39, 0.29) is 23.6 Å².